The molecule has 1 saturated carbocycles. The van der Waals surface area contributed by atoms with Crippen LogP contribution in [0.1, 0.15) is 35.2 Å². The lowest BCUT2D eigenvalue weighted by molar-refractivity contribution is -0.134. The standard InChI is InChI=1S/C27H28N2O3/c1-2-32-24-13-12-20-10-6-7-11-21(20)25(24)27(31)29-16-14-28(15-17-29)26(30)23-18-22(23)19-8-4-3-5-9-19/h3-13,22-23H,2,14-18H2,1H3/t22-,23+/m0/s1. The van der Waals surface area contributed by atoms with Crippen molar-refractivity contribution in [1.29, 1.82) is 0 Å². The fraction of sp³-hybridized carbons (Fsp3) is 0.333. The predicted molar refractivity (Wildman–Crippen MR) is 125 cm³/mol. The summed E-state index contributed by atoms with van der Waals surface area (Å²) in [4.78, 5) is 30.3. The first kappa shape index (κ1) is 20.6. The van der Waals surface area contributed by atoms with E-state index in [2.05, 4.69) is 12.1 Å². The van der Waals surface area contributed by atoms with Gasteiger partial charge in [0.15, 0.2) is 0 Å². The van der Waals surface area contributed by atoms with Crippen LogP contribution in [0.3, 0.4) is 0 Å². The van der Waals surface area contributed by atoms with Crippen molar-refractivity contribution in [3.63, 3.8) is 0 Å². The molecular weight excluding hydrogens is 400 g/mol. The van der Waals surface area contributed by atoms with Crippen LogP contribution in [-0.4, -0.2) is 54.4 Å². The summed E-state index contributed by atoms with van der Waals surface area (Å²) in [5.41, 5.74) is 1.87. The molecule has 5 heteroatoms. The number of hydrogen-bond donors (Lipinski definition) is 0. The quantitative estimate of drug-likeness (QED) is 0.608. The lowest BCUT2D eigenvalue weighted by Crippen LogP contribution is -2.51. The number of carbonyl (C=O) groups is 2. The molecule has 0 bridgehead atoms. The summed E-state index contributed by atoms with van der Waals surface area (Å²) in [5, 5.41) is 1.93. The van der Waals surface area contributed by atoms with Crippen LogP contribution in [0.2, 0.25) is 0 Å². The van der Waals surface area contributed by atoms with Crippen molar-refractivity contribution in [1.82, 2.24) is 9.80 Å². The fourth-order valence-corrected chi connectivity index (χ4v) is 4.81. The van der Waals surface area contributed by atoms with Crippen LogP contribution in [0.25, 0.3) is 10.8 Å². The molecular formula is C27H28N2O3. The van der Waals surface area contributed by atoms with Gasteiger partial charge in [0, 0.05) is 32.1 Å². The number of nitrogens with zero attached hydrogens (tertiary/aromatic N) is 2. The molecule has 1 saturated heterocycles. The second-order valence-electron chi connectivity index (χ2n) is 8.57. The van der Waals surface area contributed by atoms with Gasteiger partial charge in [-0.2, -0.15) is 0 Å². The Kier molecular flexibility index (Phi) is 5.56. The summed E-state index contributed by atoms with van der Waals surface area (Å²) >= 11 is 0. The SMILES string of the molecule is CCOc1ccc2ccccc2c1C(=O)N1CCN(C(=O)[C@@H]2C[C@H]2c2ccccc2)CC1. The maximum Gasteiger partial charge on any atom is 0.258 e. The molecule has 5 rings (SSSR count). The number of fused-ring (bicyclic) bond motifs is 1. The van der Waals surface area contributed by atoms with E-state index in [1.165, 1.54) is 5.56 Å². The summed E-state index contributed by atoms with van der Waals surface area (Å²) < 4.78 is 5.80. The molecule has 0 N–H and O–H groups in total. The summed E-state index contributed by atoms with van der Waals surface area (Å²) in [6.45, 7) is 4.68. The predicted octanol–water partition coefficient (Wildman–Crippen LogP) is 4.33. The lowest BCUT2D eigenvalue weighted by Gasteiger charge is -2.35. The van der Waals surface area contributed by atoms with Gasteiger partial charge in [0.05, 0.1) is 12.2 Å². The molecule has 2 amide bonds. The zero-order valence-electron chi connectivity index (χ0n) is 18.4. The largest absolute Gasteiger partial charge is 0.493 e. The Bertz CT molecular complexity index is 1140. The third-order valence-corrected chi connectivity index (χ3v) is 6.62. The van der Waals surface area contributed by atoms with Crippen LogP contribution in [-0.2, 0) is 4.79 Å². The number of piperazine rings is 1. The Morgan fingerprint density at radius 1 is 0.875 bits per heavy atom. The second kappa shape index (κ2) is 8.65. The molecule has 32 heavy (non-hydrogen) atoms. The van der Waals surface area contributed by atoms with Gasteiger partial charge in [-0.05, 0) is 41.7 Å². The van der Waals surface area contributed by atoms with Crippen molar-refractivity contribution in [3.8, 4) is 5.75 Å². The average molecular weight is 429 g/mol. The van der Waals surface area contributed by atoms with E-state index >= 15 is 0 Å². The molecule has 5 nitrogen and oxygen atoms in total. The van der Waals surface area contributed by atoms with Crippen LogP contribution in [0.15, 0.2) is 66.7 Å². The highest BCUT2D eigenvalue weighted by atomic mass is 16.5. The smallest absolute Gasteiger partial charge is 0.258 e. The first-order chi connectivity index (χ1) is 15.7. The third kappa shape index (κ3) is 3.83. The zero-order chi connectivity index (χ0) is 22.1. The Labute approximate surface area is 188 Å². The molecule has 3 aromatic carbocycles. The van der Waals surface area contributed by atoms with Gasteiger partial charge in [0.25, 0.3) is 5.91 Å². The Morgan fingerprint density at radius 3 is 2.31 bits per heavy atom. The fourth-order valence-electron chi connectivity index (χ4n) is 4.81. The maximum atomic E-state index is 13.5. The van der Waals surface area contributed by atoms with Crippen LogP contribution in [0.5, 0.6) is 5.75 Å². The van der Waals surface area contributed by atoms with Crippen LogP contribution in [0, 0.1) is 5.92 Å². The van der Waals surface area contributed by atoms with Crippen LogP contribution >= 0.6 is 0 Å². The molecule has 0 unspecified atom stereocenters. The van der Waals surface area contributed by atoms with Crippen LogP contribution < -0.4 is 4.74 Å². The molecule has 1 aliphatic carbocycles. The van der Waals surface area contributed by atoms with Crippen molar-refractivity contribution in [2.45, 2.75) is 19.3 Å². The van der Waals surface area contributed by atoms with E-state index in [1.807, 2.05) is 71.3 Å². The molecule has 2 aliphatic rings. The van der Waals surface area contributed by atoms with E-state index < -0.39 is 0 Å². The van der Waals surface area contributed by atoms with Gasteiger partial charge in [-0.1, -0.05) is 60.7 Å². The molecule has 1 aliphatic heterocycles. The molecule has 3 aromatic rings. The van der Waals surface area contributed by atoms with Gasteiger partial charge >= 0.3 is 0 Å². The van der Waals surface area contributed by atoms with E-state index in [1.54, 1.807) is 0 Å². The number of rotatable bonds is 5. The number of hydrogen-bond acceptors (Lipinski definition) is 3. The third-order valence-electron chi connectivity index (χ3n) is 6.62. The van der Waals surface area contributed by atoms with Crippen molar-refractivity contribution in [2.75, 3.05) is 32.8 Å². The maximum absolute atomic E-state index is 13.5. The second-order valence-corrected chi connectivity index (χ2v) is 8.57. The minimum atomic E-state index is -0.0223. The minimum absolute atomic E-state index is 0.0223. The van der Waals surface area contributed by atoms with Crippen molar-refractivity contribution >= 4 is 22.6 Å². The van der Waals surface area contributed by atoms with Gasteiger partial charge in [-0.3, -0.25) is 9.59 Å². The van der Waals surface area contributed by atoms with E-state index in [4.69, 9.17) is 4.74 Å². The van der Waals surface area contributed by atoms with Gasteiger partial charge in [0.2, 0.25) is 5.91 Å². The number of amides is 2. The first-order valence-corrected chi connectivity index (χ1v) is 11.4. The van der Waals surface area contributed by atoms with Gasteiger partial charge < -0.3 is 14.5 Å². The Morgan fingerprint density at radius 2 is 1.56 bits per heavy atom. The van der Waals surface area contributed by atoms with E-state index in [0.717, 1.165) is 17.2 Å². The first-order valence-electron chi connectivity index (χ1n) is 11.4. The number of benzene rings is 3. The lowest BCUT2D eigenvalue weighted by atomic mass is 10.0. The van der Waals surface area contributed by atoms with Crippen LogP contribution in [0.4, 0.5) is 0 Å². The molecule has 1 heterocycles. The van der Waals surface area contributed by atoms with Crippen molar-refractivity contribution in [3.05, 3.63) is 77.9 Å². The summed E-state index contributed by atoms with van der Waals surface area (Å²) in [6.07, 6.45) is 0.926. The average Bonchev–Trinajstić information content (AvgIpc) is 3.65. The van der Waals surface area contributed by atoms with E-state index in [9.17, 15) is 9.59 Å². The summed E-state index contributed by atoms with van der Waals surface area (Å²) in [6, 6.07) is 22.1. The van der Waals surface area contributed by atoms with E-state index in [0.29, 0.717) is 50.0 Å². The molecule has 0 spiro atoms. The molecule has 2 atom stereocenters. The Balaban J connectivity index is 1.27. The molecule has 0 radical (unpaired) electrons. The minimum Gasteiger partial charge on any atom is -0.493 e. The van der Waals surface area contributed by atoms with Gasteiger partial charge in [-0.25, -0.2) is 0 Å². The monoisotopic (exact) mass is 428 g/mol. The topological polar surface area (TPSA) is 49.9 Å². The highest BCUT2D eigenvalue weighted by molar-refractivity contribution is 6.09. The number of ether oxygens (including phenoxy) is 1. The summed E-state index contributed by atoms with van der Waals surface area (Å²) in [7, 11) is 0. The zero-order valence-corrected chi connectivity index (χ0v) is 18.4. The normalized spacial score (nSPS) is 20.3. The van der Waals surface area contributed by atoms with Crippen molar-refractivity contribution < 1.29 is 14.3 Å². The molecule has 0 aromatic heterocycles. The van der Waals surface area contributed by atoms with E-state index in [-0.39, 0.29) is 17.7 Å². The Hall–Kier alpha value is -3.34. The van der Waals surface area contributed by atoms with Crippen molar-refractivity contribution in [2.24, 2.45) is 5.92 Å². The number of carbonyl (C=O) groups excluding carboxylic acids is 2. The molecule has 2 fully saturated rings. The molecule has 164 valence electrons. The highest BCUT2D eigenvalue weighted by Crippen LogP contribution is 2.48. The summed E-state index contributed by atoms with van der Waals surface area (Å²) in [5.74, 6) is 1.26. The van der Waals surface area contributed by atoms with Gasteiger partial charge in [-0.15, -0.1) is 0 Å². The highest BCUT2D eigenvalue weighted by Gasteiger charge is 2.46. The van der Waals surface area contributed by atoms with Gasteiger partial charge in [0.1, 0.15) is 5.75 Å².